The van der Waals surface area contributed by atoms with Gasteiger partial charge < -0.3 is 9.15 Å². The van der Waals surface area contributed by atoms with Crippen LogP contribution in [0.25, 0.3) is 17.4 Å². The van der Waals surface area contributed by atoms with Crippen molar-refractivity contribution in [1.29, 1.82) is 0 Å². The van der Waals surface area contributed by atoms with Crippen LogP contribution in [0.3, 0.4) is 0 Å². The highest BCUT2D eigenvalue weighted by Crippen LogP contribution is 2.28. The van der Waals surface area contributed by atoms with Crippen molar-refractivity contribution in [1.82, 2.24) is 0 Å². The van der Waals surface area contributed by atoms with Crippen molar-refractivity contribution in [2.75, 3.05) is 6.61 Å². The van der Waals surface area contributed by atoms with Crippen molar-refractivity contribution >= 4 is 23.6 Å². The molecule has 0 saturated heterocycles. The summed E-state index contributed by atoms with van der Waals surface area (Å²) in [5, 5.41) is 0.688. The van der Waals surface area contributed by atoms with Crippen LogP contribution < -0.4 is 0 Å². The quantitative estimate of drug-likeness (QED) is 0.458. The summed E-state index contributed by atoms with van der Waals surface area (Å²) in [7, 11) is 0. The van der Waals surface area contributed by atoms with E-state index in [0.29, 0.717) is 10.8 Å². The summed E-state index contributed by atoms with van der Waals surface area (Å²) in [4.78, 5) is 11.3. The fraction of sp³-hybridized carbons (Fsp3) is 0.118. The standard InChI is InChI=1S/C17H15ClO3/c1-3-10-20-17(19)9-6-14-5-8-16(21-14)15-7-4-13(18)11-12(15)2/h3-9,11H,1,10H2,2H3/b9-6+. The molecular formula is C17H15ClO3. The van der Waals surface area contributed by atoms with Gasteiger partial charge in [0.2, 0.25) is 0 Å². The van der Waals surface area contributed by atoms with Gasteiger partial charge in [-0.3, -0.25) is 0 Å². The Kier molecular flexibility index (Phi) is 5.01. The molecule has 108 valence electrons. The molecule has 3 nitrogen and oxygen atoms in total. The van der Waals surface area contributed by atoms with E-state index in [1.807, 2.05) is 31.2 Å². The fourth-order valence-electron chi connectivity index (χ4n) is 1.83. The molecular weight excluding hydrogens is 288 g/mol. The smallest absolute Gasteiger partial charge is 0.331 e. The largest absolute Gasteiger partial charge is 0.458 e. The summed E-state index contributed by atoms with van der Waals surface area (Å²) in [6, 6.07) is 9.24. The van der Waals surface area contributed by atoms with Crippen LogP contribution in [0.5, 0.6) is 0 Å². The topological polar surface area (TPSA) is 39.4 Å². The molecule has 0 aliphatic carbocycles. The van der Waals surface area contributed by atoms with Crippen molar-refractivity contribution in [2.24, 2.45) is 0 Å². The van der Waals surface area contributed by atoms with Gasteiger partial charge in [0.15, 0.2) is 0 Å². The van der Waals surface area contributed by atoms with Crippen LogP contribution in [0.2, 0.25) is 5.02 Å². The van der Waals surface area contributed by atoms with E-state index in [-0.39, 0.29) is 6.61 Å². The van der Waals surface area contributed by atoms with Crippen LogP contribution in [0.4, 0.5) is 0 Å². The summed E-state index contributed by atoms with van der Waals surface area (Å²) in [6.07, 6.45) is 4.40. The molecule has 0 aliphatic rings. The molecule has 0 bridgehead atoms. The van der Waals surface area contributed by atoms with Gasteiger partial charge >= 0.3 is 5.97 Å². The molecule has 0 saturated carbocycles. The second-order valence-electron chi connectivity index (χ2n) is 4.41. The molecule has 0 unspecified atom stereocenters. The number of ether oxygens (including phenoxy) is 1. The van der Waals surface area contributed by atoms with Crippen LogP contribution in [-0.4, -0.2) is 12.6 Å². The minimum absolute atomic E-state index is 0.191. The molecule has 0 fully saturated rings. The van der Waals surface area contributed by atoms with Crippen molar-refractivity contribution in [2.45, 2.75) is 6.92 Å². The van der Waals surface area contributed by atoms with Gasteiger partial charge in [-0.2, -0.15) is 0 Å². The summed E-state index contributed by atoms with van der Waals surface area (Å²) in [6.45, 7) is 5.63. The zero-order chi connectivity index (χ0) is 15.2. The van der Waals surface area contributed by atoms with Crippen molar-refractivity contribution in [3.8, 4) is 11.3 Å². The van der Waals surface area contributed by atoms with E-state index in [1.165, 1.54) is 12.2 Å². The average molecular weight is 303 g/mol. The second kappa shape index (κ2) is 6.95. The van der Waals surface area contributed by atoms with E-state index in [0.717, 1.165) is 16.9 Å². The molecule has 1 heterocycles. The van der Waals surface area contributed by atoms with E-state index in [4.69, 9.17) is 20.8 Å². The number of furan rings is 1. The van der Waals surface area contributed by atoms with Crippen LogP contribution >= 0.6 is 11.6 Å². The average Bonchev–Trinajstić information content (AvgIpc) is 2.91. The van der Waals surface area contributed by atoms with E-state index >= 15 is 0 Å². The van der Waals surface area contributed by atoms with Gasteiger partial charge in [-0.25, -0.2) is 4.79 Å². The molecule has 0 aliphatic heterocycles. The number of hydrogen-bond donors (Lipinski definition) is 0. The highest BCUT2D eigenvalue weighted by Gasteiger charge is 2.07. The minimum atomic E-state index is -0.435. The highest BCUT2D eigenvalue weighted by molar-refractivity contribution is 6.30. The Hall–Kier alpha value is -2.26. The lowest BCUT2D eigenvalue weighted by Gasteiger charge is -2.02. The first-order valence-electron chi connectivity index (χ1n) is 6.42. The molecule has 0 spiro atoms. The Balaban J connectivity index is 2.12. The Bertz CT molecular complexity index is 683. The van der Waals surface area contributed by atoms with Gasteiger partial charge in [-0.15, -0.1) is 0 Å². The van der Waals surface area contributed by atoms with E-state index in [9.17, 15) is 4.79 Å². The van der Waals surface area contributed by atoms with Crippen molar-refractivity contribution in [3.63, 3.8) is 0 Å². The van der Waals surface area contributed by atoms with Gasteiger partial charge in [0.25, 0.3) is 0 Å². The lowest BCUT2D eigenvalue weighted by Crippen LogP contribution is -1.99. The summed E-state index contributed by atoms with van der Waals surface area (Å²) >= 11 is 5.94. The first-order valence-corrected chi connectivity index (χ1v) is 6.80. The van der Waals surface area contributed by atoms with Gasteiger partial charge in [0.05, 0.1) is 0 Å². The lowest BCUT2D eigenvalue weighted by molar-refractivity contribution is -0.136. The van der Waals surface area contributed by atoms with Crippen LogP contribution in [-0.2, 0) is 9.53 Å². The number of rotatable bonds is 5. The van der Waals surface area contributed by atoms with Crippen LogP contribution in [0, 0.1) is 6.92 Å². The Morgan fingerprint density at radius 1 is 1.38 bits per heavy atom. The number of benzene rings is 1. The monoisotopic (exact) mass is 302 g/mol. The summed E-state index contributed by atoms with van der Waals surface area (Å²) < 4.78 is 10.5. The van der Waals surface area contributed by atoms with Gasteiger partial charge in [0, 0.05) is 16.7 Å². The molecule has 1 aromatic heterocycles. The maximum Gasteiger partial charge on any atom is 0.331 e. The van der Waals surface area contributed by atoms with Crippen LogP contribution in [0.15, 0.2) is 53.5 Å². The molecule has 0 atom stereocenters. The molecule has 0 radical (unpaired) electrons. The zero-order valence-corrected chi connectivity index (χ0v) is 12.4. The predicted molar refractivity (Wildman–Crippen MR) is 84.1 cm³/mol. The zero-order valence-electron chi connectivity index (χ0n) is 11.6. The first-order chi connectivity index (χ1) is 10.1. The van der Waals surface area contributed by atoms with E-state index < -0.39 is 5.97 Å². The number of halogens is 1. The Morgan fingerprint density at radius 3 is 2.90 bits per heavy atom. The predicted octanol–water partition coefficient (Wildman–Crippen LogP) is 4.65. The molecule has 2 aromatic rings. The van der Waals surface area contributed by atoms with Gasteiger partial charge in [-0.1, -0.05) is 24.3 Å². The minimum Gasteiger partial charge on any atom is -0.458 e. The maximum atomic E-state index is 11.3. The molecule has 2 rings (SSSR count). The maximum absolute atomic E-state index is 11.3. The van der Waals surface area contributed by atoms with E-state index in [1.54, 1.807) is 12.1 Å². The number of carbonyl (C=O) groups is 1. The lowest BCUT2D eigenvalue weighted by atomic mass is 10.1. The Morgan fingerprint density at radius 2 is 2.19 bits per heavy atom. The van der Waals surface area contributed by atoms with Gasteiger partial charge in [-0.05, 0) is 48.9 Å². The third kappa shape index (κ3) is 4.10. The van der Waals surface area contributed by atoms with E-state index in [2.05, 4.69) is 6.58 Å². The van der Waals surface area contributed by atoms with Gasteiger partial charge in [0.1, 0.15) is 18.1 Å². The Labute approximate surface area is 128 Å². The van der Waals surface area contributed by atoms with Crippen LogP contribution in [0.1, 0.15) is 11.3 Å². The summed E-state index contributed by atoms with van der Waals surface area (Å²) in [5.41, 5.74) is 1.99. The number of carbonyl (C=O) groups excluding carboxylic acids is 1. The van der Waals surface area contributed by atoms with Crippen molar-refractivity contribution < 1.29 is 13.9 Å². The molecule has 4 heteroatoms. The number of esters is 1. The van der Waals surface area contributed by atoms with Crippen molar-refractivity contribution in [3.05, 3.63) is 65.4 Å². The number of aryl methyl sites for hydroxylation is 1. The second-order valence-corrected chi connectivity index (χ2v) is 4.85. The summed E-state index contributed by atoms with van der Waals surface area (Å²) in [5.74, 6) is 0.869. The third-order valence-corrected chi connectivity index (χ3v) is 3.04. The third-order valence-electron chi connectivity index (χ3n) is 2.81. The molecule has 1 aromatic carbocycles. The molecule has 21 heavy (non-hydrogen) atoms. The highest BCUT2D eigenvalue weighted by atomic mass is 35.5. The normalized spacial score (nSPS) is 10.8. The first kappa shape index (κ1) is 15.1. The fourth-order valence-corrected chi connectivity index (χ4v) is 2.06. The molecule has 0 N–H and O–H groups in total. The number of hydrogen-bond acceptors (Lipinski definition) is 3. The molecule has 0 amide bonds. The SMILES string of the molecule is C=CCOC(=O)/C=C/c1ccc(-c2ccc(Cl)cc2C)o1.